The summed E-state index contributed by atoms with van der Waals surface area (Å²) >= 11 is 0. The number of ether oxygens (including phenoxy) is 1. The number of hydrogen-bond acceptors (Lipinski definition) is 2. The van der Waals surface area contributed by atoms with Crippen LogP contribution in [0.1, 0.15) is 41.4 Å². The first-order valence-corrected chi connectivity index (χ1v) is 8.65. The lowest BCUT2D eigenvalue weighted by atomic mass is 10.1. The molecule has 1 amide bonds. The van der Waals surface area contributed by atoms with Crippen LogP contribution in [0.15, 0.2) is 30.3 Å². The quantitative estimate of drug-likeness (QED) is 0.848. The largest absolute Gasteiger partial charge is 0.497 e. The summed E-state index contributed by atoms with van der Waals surface area (Å²) < 4.78 is 7.58. The molecule has 24 heavy (non-hydrogen) atoms. The van der Waals surface area contributed by atoms with E-state index in [-0.39, 0.29) is 5.91 Å². The fourth-order valence-electron chi connectivity index (χ4n) is 3.32. The molecule has 1 fully saturated rings. The van der Waals surface area contributed by atoms with Crippen molar-refractivity contribution >= 4 is 5.91 Å². The summed E-state index contributed by atoms with van der Waals surface area (Å²) in [6.45, 7) is 5.06. The van der Waals surface area contributed by atoms with E-state index in [1.54, 1.807) is 7.11 Å². The van der Waals surface area contributed by atoms with Crippen molar-refractivity contribution in [1.29, 1.82) is 0 Å². The summed E-state index contributed by atoms with van der Waals surface area (Å²) in [5.41, 5.74) is 5.05. The molecule has 4 heteroatoms. The number of aryl methyl sites for hydroxylation is 1. The van der Waals surface area contributed by atoms with Gasteiger partial charge in [0.15, 0.2) is 0 Å². The van der Waals surface area contributed by atoms with Crippen LogP contribution in [0, 0.1) is 13.8 Å². The number of aromatic nitrogens is 1. The van der Waals surface area contributed by atoms with E-state index in [1.807, 2.05) is 24.3 Å². The number of carbonyl (C=O) groups excluding carboxylic acids is 1. The molecule has 1 aromatic heterocycles. The Morgan fingerprint density at radius 2 is 1.96 bits per heavy atom. The van der Waals surface area contributed by atoms with Gasteiger partial charge in [-0.15, -0.1) is 0 Å². The lowest BCUT2D eigenvalue weighted by Crippen LogP contribution is -2.27. The Balaban J connectivity index is 1.49. The van der Waals surface area contributed by atoms with E-state index in [2.05, 4.69) is 29.8 Å². The standard InChI is InChI=1S/C20H26N2O2/c1-14-12-17(15(2)22(14)18-6-7-18)10-11-21-20(23)13-16-4-8-19(24-3)9-5-16/h4-5,8-9,12,18H,6-7,10-11,13H2,1-3H3,(H,21,23). The molecule has 1 heterocycles. The van der Waals surface area contributed by atoms with Crippen LogP contribution in [0.5, 0.6) is 5.75 Å². The third kappa shape index (κ3) is 3.81. The van der Waals surface area contributed by atoms with Crippen LogP contribution in [0.25, 0.3) is 0 Å². The van der Waals surface area contributed by atoms with Gasteiger partial charge in [0.05, 0.1) is 13.5 Å². The molecular weight excluding hydrogens is 300 g/mol. The van der Waals surface area contributed by atoms with E-state index in [4.69, 9.17) is 4.74 Å². The minimum absolute atomic E-state index is 0.0659. The van der Waals surface area contributed by atoms with Gasteiger partial charge in [0.2, 0.25) is 5.91 Å². The first-order valence-electron chi connectivity index (χ1n) is 8.65. The van der Waals surface area contributed by atoms with E-state index in [0.717, 1.165) is 17.7 Å². The fraction of sp³-hybridized carbons (Fsp3) is 0.450. The highest BCUT2D eigenvalue weighted by atomic mass is 16.5. The first-order chi connectivity index (χ1) is 11.6. The molecule has 4 nitrogen and oxygen atoms in total. The van der Waals surface area contributed by atoms with Gasteiger partial charge in [-0.25, -0.2) is 0 Å². The normalized spacial score (nSPS) is 13.8. The summed E-state index contributed by atoms with van der Waals surface area (Å²) in [4.78, 5) is 12.1. The average molecular weight is 326 g/mol. The maximum absolute atomic E-state index is 12.1. The van der Waals surface area contributed by atoms with Gasteiger partial charge in [-0.05, 0) is 62.4 Å². The number of benzene rings is 1. The van der Waals surface area contributed by atoms with Crippen LogP contribution in [0.3, 0.4) is 0 Å². The van der Waals surface area contributed by atoms with Crippen molar-refractivity contribution in [3.8, 4) is 5.75 Å². The molecule has 0 atom stereocenters. The van der Waals surface area contributed by atoms with Crippen molar-refractivity contribution in [1.82, 2.24) is 9.88 Å². The van der Waals surface area contributed by atoms with E-state index < -0.39 is 0 Å². The molecular formula is C20H26N2O2. The molecule has 0 bridgehead atoms. The number of methoxy groups -OCH3 is 1. The van der Waals surface area contributed by atoms with Gasteiger partial charge in [0, 0.05) is 24.0 Å². The lowest BCUT2D eigenvalue weighted by Gasteiger charge is -2.09. The summed E-state index contributed by atoms with van der Waals surface area (Å²) in [6.07, 6.45) is 3.90. The van der Waals surface area contributed by atoms with Crippen molar-refractivity contribution in [3.63, 3.8) is 0 Å². The Morgan fingerprint density at radius 1 is 1.25 bits per heavy atom. The van der Waals surface area contributed by atoms with Crippen LogP contribution in [0.4, 0.5) is 0 Å². The summed E-state index contributed by atoms with van der Waals surface area (Å²) in [7, 11) is 1.64. The van der Waals surface area contributed by atoms with Gasteiger partial charge in [-0.1, -0.05) is 12.1 Å². The van der Waals surface area contributed by atoms with Crippen LogP contribution >= 0.6 is 0 Å². The molecule has 3 rings (SSSR count). The van der Waals surface area contributed by atoms with Crippen molar-refractivity contribution in [2.75, 3.05) is 13.7 Å². The van der Waals surface area contributed by atoms with Gasteiger partial charge in [-0.2, -0.15) is 0 Å². The topological polar surface area (TPSA) is 43.3 Å². The highest BCUT2D eigenvalue weighted by Crippen LogP contribution is 2.38. The fourth-order valence-corrected chi connectivity index (χ4v) is 3.32. The molecule has 1 saturated carbocycles. The molecule has 1 aliphatic carbocycles. The molecule has 1 N–H and O–H groups in total. The van der Waals surface area contributed by atoms with Crippen LogP contribution in [-0.4, -0.2) is 24.1 Å². The van der Waals surface area contributed by atoms with Gasteiger partial charge in [-0.3, -0.25) is 4.79 Å². The SMILES string of the molecule is COc1ccc(CC(=O)NCCc2cc(C)n(C3CC3)c2C)cc1. The number of hydrogen-bond donors (Lipinski definition) is 1. The zero-order valence-electron chi connectivity index (χ0n) is 14.8. The zero-order chi connectivity index (χ0) is 17.1. The number of nitrogens with zero attached hydrogens (tertiary/aromatic N) is 1. The van der Waals surface area contributed by atoms with Crippen molar-refractivity contribution in [2.24, 2.45) is 0 Å². The monoisotopic (exact) mass is 326 g/mol. The Kier molecular flexibility index (Phi) is 4.93. The third-order valence-electron chi connectivity index (χ3n) is 4.74. The molecule has 1 aromatic carbocycles. The van der Waals surface area contributed by atoms with Gasteiger partial charge in [0.25, 0.3) is 0 Å². The maximum Gasteiger partial charge on any atom is 0.224 e. The maximum atomic E-state index is 12.1. The molecule has 0 spiro atoms. The van der Waals surface area contributed by atoms with Gasteiger partial charge >= 0.3 is 0 Å². The Hall–Kier alpha value is -2.23. The summed E-state index contributed by atoms with van der Waals surface area (Å²) in [5, 5.41) is 3.03. The predicted octanol–water partition coefficient (Wildman–Crippen LogP) is 3.35. The molecule has 0 aliphatic heterocycles. The molecule has 2 aromatic rings. The van der Waals surface area contributed by atoms with Gasteiger partial charge in [0.1, 0.15) is 5.75 Å². The lowest BCUT2D eigenvalue weighted by molar-refractivity contribution is -0.120. The van der Waals surface area contributed by atoms with E-state index >= 15 is 0 Å². The van der Waals surface area contributed by atoms with Crippen molar-refractivity contribution in [3.05, 3.63) is 52.8 Å². The van der Waals surface area contributed by atoms with E-state index in [0.29, 0.717) is 19.0 Å². The second-order valence-corrected chi connectivity index (χ2v) is 6.62. The Labute approximate surface area is 143 Å². The summed E-state index contributed by atoms with van der Waals surface area (Å²) in [5.74, 6) is 0.876. The molecule has 1 aliphatic rings. The zero-order valence-corrected chi connectivity index (χ0v) is 14.8. The van der Waals surface area contributed by atoms with Crippen molar-refractivity contribution in [2.45, 2.75) is 45.6 Å². The minimum atomic E-state index is 0.0659. The van der Waals surface area contributed by atoms with E-state index in [1.165, 1.54) is 29.8 Å². The number of carbonyl (C=O) groups is 1. The second-order valence-electron chi connectivity index (χ2n) is 6.62. The van der Waals surface area contributed by atoms with Crippen LogP contribution in [0.2, 0.25) is 0 Å². The molecule has 0 unspecified atom stereocenters. The van der Waals surface area contributed by atoms with Crippen LogP contribution in [-0.2, 0) is 17.6 Å². The molecule has 128 valence electrons. The summed E-state index contributed by atoms with van der Waals surface area (Å²) in [6, 6.07) is 10.6. The molecule has 0 radical (unpaired) electrons. The van der Waals surface area contributed by atoms with Gasteiger partial charge < -0.3 is 14.6 Å². The smallest absolute Gasteiger partial charge is 0.224 e. The van der Waals surface area contributed by atoms with Crippen LogP contribution < -0.4 is 10.1 Å². The number of nitrogens with one attached hydrogen (secondary N) is 1. The Bertz CT molecular complexity index is 712. The second kappa shape index (κ2) is 7.12. The highest BCUT2D eigenvalue weighted by molar-refractivity contribution is 5.78. The minimum Gasteiger partial charge on any atom is -0.497 e. The predicted molar refractivity (Wildman–Crippen MR) is 95.6 cm³/mol. The highest BCUT2D eigenvalue weighted by Gasteiger charge is 2.26. The first kappa shape index (κ1) is 16.6. The Morgan fingerprint density at radius 3 is 2.58 bits per heavy atom. The average Bonchev–Trinajstić information content (AvgIpc) is 3.35. The molecule has 0 saturated heterocycles. The van der Waals surface area contributed by atoms with Crippen molar-refractivity contribution < 1.29 is 9.53 Å². The number of rotatable bonds is 7. The van der Waals surface area contributed by atoms with E-state index in [9.17, 15) is 4.79 Å². The number of amides is 1. The third-order valence-corrected chi connectivity index (χ3v) is 4.74.